The van der Waals surface area contributed by atoms with Crippen LogP contribution in [-0.2, 0) is 6.18 Å². The molecule has 0 saturated carbocycles. The average Bonchev–Trinajstić information content (AvgIpc) is 2.38. The summed E-state index contributed by atoms with van der Waals surface area (Å²) >= 11 is 0. The van der Waals surface area contributed by atoms with Crippen LogP contribution in [0, 0.1) is 0 Å². The molecule has 0 aliphatic heterocycles. The second kappa shape index (κ2) is 5.11. The van der Waals surface area contributed by atoms with Crippen molar-refractivity contribution in [2.75, 3.05) is 0 Å². The lowest BCUT2D eigenvalue weighted by atomic mass is 9.99. The van der Waals surface area contributed by atoms with E-state index in [-0.39, 0.29) is 17.0 Å². The molecule has 0 radical (unpaired) electrons. The molecular weight excluding hydrogens is 269 g/mol. The molecule has 0 aliphatic rings. The molecule has 0 atom stereocenters. The topological polar surface area (TPSA) is 45.8 Å². The summed E-state index contributed by atoms with van der Waals surface area (Å²) in [6.07, 6.45) is -4.51. The normalized spacial score (nSPS) is 11.9. The van der Waals surface area contributed by atoms with Gasteiger partial charge in [-0.2, -0.15) is 18.3 Å². The van der Waals surface area contributed by atoms with Crippen LogP contribution in [0.5, 0.6) is 0 Å². The molecule has 6 heteroatoms. The summed E-state index contributed by atoms with van der Waals surface area (Å²) in [5.74, 6) is 0.00338. The predicted molar refractivity (Wildman–Crippen MR) is 69.4 cm³/mol. The maximum Gasteiger partial charge on any atom is 0.417 e. The summed E-state index contributed by atoms with van der Waals surface area (Å²) in [5.41, 5.74) is -1.07. The Bertz CT molecular complexity index is 675. The van der Waals surface area contributed by atoms with Gasteiger partial charge in [0.05, 0.1) is 16.8 Å². The molecule has 1 aromatic heterocycles. The third kappa shape index (κ3) is 2.74. The van der Waals surface area contributed by atoms with E-state index in [2.05, 4.69) is 10.2 Å². The van der Waals surface area contributed by atoms with E-state index in [9.17, 15) is 18.0 Å². The number of halogens is 3. The molecule has 1 heterocycles. The monoisotopic (exact) mass is 282 g/mol. The van der Waals surface area contributed by atoms with E-state index >= 15 is 0 Å². The average molecular weight is 282 g/mol. The molecule has 1 aromatic carbocycles. The predicted octanol–water partition coefficient (Wildman–Crippen LogP) is 3.58. The first-order valence-electron chi connectivity index (χ1n) is 6.07. The van der Waals surface area contributed by atoms with Gasteiger partial charge in [0, 0.05) is 0 Å². The summed E-state index contributed by atoms with van der Waals surface area (Å²) < 4.78 is 39.0. The molecule has 106 valence electrons. The molecule has 20 heavy (non-hydrogen) atoms. The molecule has 1 N–H and O–H groups in total. The Morgan fingerprint density at radius 1 is 1.15 bits per heavy atom. The summed E-state index contributed by atoms with van der Waals surface area (Å²) in [5, 5.41) is 6.09. The molecule has 0 spiro atoms. The van der Waals surface area contributed by atoms with Gasteiger partial charge in [0.15, 0.2) is 0 Å². The van der Waals surface area contributed by atoms with E-state index in [4.69, 9.17) is 0 Å². The van der Waals surface area contributed by atoms with Crippen LogP contribution in [0.2, 0.25) is 0 Å². The lowest BCUT2D eigenvalue weighted by molar-refractivity contribution is -0.137. The molecule has 0 fully saturated rings. The van der Waals surface area contributed by atoms with Gasteiger partial charge >= 0.3 is 6.18 Å². The zero-order valence-corrected chi connectivity index (χ0v) is 11.0. The number of alkyl halides is 3. The van der Waals surface area contributed by atoms with E-state index in [0.29, 0.717) is 5.69 Å². The molecule has 0 bridgehead atoms. The SMILES string of the molecule is CC(C)c1cc(-c2ccccc2C(F)(F)F)c(=O)[nH]n1. The molecular formula is C14H13F3N2O. The Morgan fingerprint density at radius 3 is 2.40 bits per heavy atom. The van der Waals surface area contributed by atoms with Crippen molar-refractivity contribution in [2.45, 2.75) is 25.9 Å². The molecule has 2 rings (SSSR count). The summed E-state index contributed by atoms with van der Waals surface area (Å²) in [4.78, 5) is 11.8. The fraction of sp³-hybridized carbons (Fsp3) is 0.286. The zero-order valence-electron chi connectivity index (χ0n) is 11.0. The number of hydrogen-bond acceptors (Lipinski definition) is 2. The zero-order chi connectivity index (χ0) is 14.9. The van der Waals surface area contributed by atoms with Crippen LogP contribution < -0.4 is 5.56 Å². The quantitative estimate of drug-likeness (QED) is 0.915. The second-order valence-electron chi connectivity index (χ2n) is 4.73. The van der Waals surface area contributed by atoms with Gasteiger partial charge in [0.1, 0.15) is 0 Å². The van der Waals surface area contributed by atoms with Gasteiger partial charge in [-0.15, -0.1) is 0 Å². The van der Waals surface area contributed by atoms with Crippen LogP contribution in [0.3, 0.4) is 0 Å². The van der Waals surface area contributed by atoms with Gasteiger partial charge < -0.3 is 0 Å². The van der Waals surface area contributed by atoms with E-state index in [0.717, 1.165) is 6.07 Å². The summed E-state index contributed by atoms with van der Waals surface area (Å²) in [7, 11) is 0. The fourth-order valence-electron chi connectivity index (χ4n) is 1.88. The van der Waals surface area contributed by atoms with Crippen LogP contribution in [0.25, 0.3) is 11.1 Å². The Labute approximate surface area is 113 Å². The van der Waals surface area contributed by atoms with Crippen LogP contribution in [0.15, 0.2) is 35.1 Å². The van der Waals surface area contributed by atoms with E-state index in [1.54, 1.807) is 0 Å². The lowest BCUT2D eigenvalue weighted by Gasteiger charge is -2.13. The number of nitrogens with one attached hydrogen (secondary N) is 1. The highest BCUT2D eigenvalue weighted by Gasteiger charge is 2.33. The summed E-state index contributed by atoms with van der Waals surface area (Å²) in [6.45, 7) is 3.69. The van der Waals surface area contributed by atoms with Crippen molar-refractivity contribution in [3.8, 4) is 11.1 Å². The first-order chi connectivity index (χ1) is 9.30. The number of hydrogen-bond donors (Lipinski definition) is 1. The number of aromatic amines is 1. The van der Waals surface area contributed by atoms with Crippen molar-refractivity contribution < 1.29 is 13.2 Å². The largest absolute Gasteiger partial charge is 0.417 e. The van der Waals surface area contributed by atoms with E-state index in [1.165, 1.54) is 24.3 Å². The summed E-state index contributed by atoms with van der Waals surface area (Å²) in [6, 6.07) is 6.43. The first-order valence-corrected chi connectivity index (χ1v) is 6.07. The molecule has 0 aliphatic carbocycles. The van der Waals surface area contributed by atoms with Crippen LogP contribution in [-0.4, -0.2) is 10.2 Å². The highest BCUT2D eigenvalue weighted by molar-refractivity contribution is 5.67. The van der Waals surface area contributed by atoms with Crippen LogP contribution in [0.1, 0.15) is 31.0 Å². The number of rotatable bonds is 2. The minimum atomic E-state index is -4.51. The van der Waals surface area contributed by atoms with Crippen molar-refractivity contribution in [2.24, 2.45) is 0 Å². The van der Waals surface area contributed by atoms with Gasteiger partial charge in [0.25, 0.3) is 5.56 Å². The lowest BCUT2D eigenvalue weighted by Crippen LogP contribution is -2.16. The molecule has 2 aromatic rings. The first kappa shape index (κ1) is 14.3. The number of benzene rings is 1. The highest BCUT2D eigenvalue weighted by atomic mass is 19.4. The van der Waals surface area contributed by atoms with Gasteiger partial charge in [-0.25, -0.2) is 5.10 Å². The minimum Gasteiger partial charge on any atom is -0.267 e. The Kier molecular flexibility index (Phi) is 3.65. The van der Waals surface area contributed by atoms with Crippen molar-refractivity contribution in [3.63, 3.8) is 0 Å². The minimum absolute atomic E-state index is 0.00338. The van der Waals surface area contributed by atoms with Gasteiger partial charge in [-0.05, 0) is 23.6 Å². The molecule has 0 amide bonds. The molecule has 0 saturated heterocycles. The van der Waals surface area contributed by atoms with Gasteiger partial charge in [0.2, 0.25) is 0 Å². The third-order valence-corrected chi connectivity index (χ3v) is 2.94. The van der Waals surface area contributed by atoms with E-state index in [1.807, 2.05) is 13.8 Å². The van der Waals surface area contributed by atoms with Crippen molar-refractivity contribution >= 4 is 0 Å². The maximum atomic E-state index is 13.0. The number of H-pyrrole nitrogens is 1. The maximum absolute atomic E-state index is 13.0. The standard InChI is InChI=1S/C14H13F3N2O/c1-8(2)12-7-10(13(20)19-18-12)9-5-3-4-6-11(9)14(15,16)17/h3-8H,1-2H3,(H,19,20). The molecule has 3 nitrogen and oxygen atoms in total. The van der Waals surface area contributed by atoms with Gasteiger partial charge in [-0.3, -0.25) is 4.79 Å². The van der Waals surface area contributed by atoms with Crippen molar-refractivity contribution in [1.29, 1.82) is 0 Å². The Balaban J connectivity index is 2.69. The van der Waals surface area contributed by atoms with Crippen molar-refractivity contribution in [1.82, 2.24) is 10.2 Å². The Hall–Kier alpha value is -2.11. The van der Waals surface area contributed by atoms with Crippen LogP contribution in [0.4, 0.5) is 13.2 Å². The fourth-order valence-corrected chi connectivity index (χ4v) is 1.88. The number of nitrogens with zero attached hydrogens (tertiary/aromatic N) is 1. The van der Waals surface area contributed by atoms with Crippen LogP contribution >= 0.6 is 0 Å². The number of aromatic nitrogens is 2. The van der Waals surface area contributed by atoms with E-state index < -0.39 is 17.3 Å². The highest BCUT2D eigenvalue weighted by Crippen LogP contribution is 2.36. The van der Waals surface area contributed by atoms with Gasteiger partial charge in [-0.1, -0.05) is 32.0 Å². The molecule has 0 unspecified atom stereocenters. The third-order valence-electron chi connectivity index (χ3n) is 2.94. The smallest absolute Gasteiger partial charge is 0.267 e. The second-order valence-corrected chi connectivity index (χ2v) is 4.73. The Morgan fingerprint density at radius 2 is 1.80 bits per heavy atom. The van der Waals surface area contributed by atoms with Crippen molar-refractivity contribution in [3.05, 3.63) is 51.9 Å².